The van der Waals surface area contributed by atoms with Crippen molar-refractivity contribution in [3.63, 3.8) is 0 Å². The van der Waals surface area contributed by atoms with Crippen molar-refractivity contribution in [2.75, 3.05) is 39.8 Å². The van der Waals surface area contributed by atoms with E-state index in [1.807, 2.05) is 12.1 Å². The molecule has 0 radical (unpaired) electrons. The molecular weight excluding hydrogens is 431 g/mol. The van der Waals surface area contributed by atoms with Gasteiger partial charge in [0.2, 0.25) is 0 Å². The van der Waals surface area contributed by atoms with Gasteiger partial charge in [0.1, 0.15) is 5.75 Å². The number of nitrogens with zero attached hydrogens (tertiary/aromatic N) is 1. The van der Waals surface area contributed by atoms with Gasteiger partial charge in [0.15, 0.2) is 0 Å². The number of methoxy groups -OCH3 is 1. The molecule has 0 aromatic heterocycles. The largest absolute Gasteiger partial charge is 0.497 e. The summed E-state index contributed by atoms with van der Waals surface area (Å²) in [6.45, 7) is 5.15. The van der Waals surface area contributed by atoms with Crippen molar-refractivity contribution in [1.29, 1.82) is 0 Å². The van der Waals surface area contributed by atoms with Crippen molar-refractivity contribution >= 4 is 24.8 Å². The first-order valence-corrected chi connectivity index (χ1v) is 11.1. The molecule has 0 bridgehead atoms. The smallest absolute Gasteiger partial charge is 0.119 e. The minimum Gasteiger partial charge on any atom is -0.497 e. The SMILES string of the molecule is COc1cccc(-c2ccc(C(CN3CCNCC3)C3(O)CCCCC3)cc2)c1.Cl.Cl. The summed E-state index contributed by atoms with van der Waals surface area (Å²) in [6.07, 6.45) is 5.35. The van der Waals surface area contributed by atoms with Crippen LogP contribution in [0.25, 0.3) is 11.1 Å². The summed E-state index contributed by atoms with van der Waals surface area (Å²) in [5.41, 5.74) is 3.02. The zero-order valence-electron chi connectivity index (χ0n) is 18.4. The van der Waals surface area contributed by atoms with Gasteiger partial charge in [0, 0.05) is 38.6 Å². The van der Waals surface area contributed by atoms with E-state index in [1.165, 1.54) is 17.5 Å². The Labute approximate surface area is 199 Å². The van der Waals surface area contributed by atoms with Crippen LogP contribution in [0.15, 0.2) is 48.5 Å². The highest BCUT2D eigenvalue weighted by Gasteiger charge is 2.39. The summed E-state index contributed by atoms with van der Waals surface area (Å²) in [5.74, 6) is 1.04. The van der Waals surface area contributed by atoms with E-state index in [0.717, 1.165) is 69.7 Å². The van der Waals surface area contributed by atoms with Crippen molar-refractivity contribution in [1.82, 2.24) is 10.2 Å². The first kappa shape index (κ1) is 26.0. The molecule has 4 nitrogen and oxygen atoms in total. The zero-order chi connectivity index (χ0) is 20.1. The maximum Gasteiger partial charge on any atom is 0.119 e. The molecule has 1 aliphatic heterocycles. The molecule has 6 heteroatoms. The summed E-state index contributed by atoms with van der Waals surface area (Å²) in [5, 5.41) is 15.0. The highest BCUT2D eigenvalue weighted by molar-refractivity contribution is 5.85. The summed E-state index contributed by atoms with van der Waals surface area (Å²) in [6, 6.07) is 17.0. The average Bonchev–Trinajstić information content (AvgIpc) is 2.79. The molecule has 1 heterocycles. The zero-order valence-corrected chi connectivity index (χ0v) is 20.0. The monoisotopic (exact) mass is 466 g/mol. The quantitative estimate of drug-likeness (QED) is 0.635. The van der Waals surface area contributed by atoms with E-state index >= 15 is 0 Å². The molecule has 1 unspecified atom stereocenters. The van der Waals surface area contributed by atoms with Crippen LogP contribution < -0.4 is 10.1 Å². The summed E-state index contributed by atoms with van der Waals surface area (Å²) >= 11 is 0. The molecule has 0 amide bonds. The van der Waals surface area contributed by atoms with Gasteiger partial charge in [-0.05, 0) is 41.7 Å². The van der Waals surface area contributed by atoms with Gasteiger partial charge in [-0.15, -0.1) is 24.8 Å². The van der Waals surface area contributed by atoms with Crippen LogP contribution in [0, 0.1) is 0 Å². The Balaban J connectivity index is 0.00000171. The highest BCUT2D eigenvalue weighted by Crippen LogP contribution is 2.41. The Morgan fingerprint density at radius 1 is 0.968 bits per heavy atom. The number of halogens is 2. The van der Waals surface area contributed by atoms with Crippen molar-refractivity contribution in [3.05, 3.63) is 54.1 Å². The van der Waals surface area contributed by atoms with Crippen LogP contribution in [0.5, 0.6) is 5.75 Å². The molecular formula is C25H36Cl2N2O2. The molecule has 1 saturated carbocycles. The number of aliphatic hydroxyl groups is 1. The minimum atomic E-state index is -0.583. The second-order valence-corrected chi connectivity index (χ2v) is 8.62. The lowest BCUT2D eigenvalue weighted by atomic mass is 9.72. The maximum absolute atomic E-state index is 11.6. The maximum atomic E-state index is 11.6. The van der Waals surface area contributed by atoms with Gasteiger partial charge in [-0.1, -0.05) is 55.7 Å². The molecule has 31 heavy (non-hydrogen) atoms. The van der Waals surface area contributed by atoms with Crippen LogP contribution in [-0.2, 0) is 0 Å². The Morgan fingerprint density at radius 2 is 1.65 bits per heavy atom. The molecule has 1 atom stereocenters. The summed E-state index contributed by atoms with van der Waals surface area (Å²) in [7, 11) is 1.70. The van der Waals surface area contributed by atoms with Crippen LogP contribution in [0.1, 0.15) is 43.6 Å². The van der Waals surface area contributed by atoms with E-state index in [4.69, 9.17) is 4.74 Å². The van der Waals surface area contributed by atoms with E-state index in [2.05, 4.69) is 46.6 Å². The Morgan fingerprint density at radius 3 is 2.29 bits per heavy atom. The van der Waals surface area contributed by atoms with E-state index in [0.29, 0.717) is 0 Å². The van der Waals surface area contributed by atoms with Gasteiger partial charge in [0.25, 0.3) is 0 Å². The van der Waals surface area contributed by atoms with Crippen LogP contribution in [0.3, 0.4) is 0 Å². The second kappa shape index (κ2) is 12.1. The van der Waals surface area contributed by atoms with Gasteiger partial charge >= 0.3 is 0 Å². The third kappa shape index (κ3) is 6.36. The third-order valence-electron chi connectivity index (χ3n) is 6.73. The molecule has 4 rings (SSSR count). The predicted molar refractivity (Wildman–Crippen MR) is 133 cm³/mol. The molecule has 172 valence electrons. The number of hydrogen-bond donors (Lipinski definition) is 2. The fraction of sp³-hybridized carbons (Fsp3) is 0.520. The molecule has 0 spiro atoms. The van der Waals surface area contributed by atoms with Gasteiger partial charge in [-0.25, -0.2) is 0 Å². The van der Waals surface area contributed by atoms with Crippen LogP contribution in [0.2, 0.25) is 0 Å². The molecule has 1 saturated heterocycles. The number of hydrogen-bond acceptors (Lipinski definition) is 4. The summed E-state index contributed by atoms with van der Waals surface area (Å²) < 4.78 is 5.37. The Bertz CT molecular complexity index is 788. The third-order valence-corrected chi connectivity index (χ3v) is 6.73. The minimum absolute atomic E-state index is 0. The molecule has 2 aliphatic rings. The van der Waals surface area contributed by atoms with Crippen LogP contribution in [0.4, 0.5) is 0 Å². The van der Waals surface area contributed by atoms with Crippen molar-refractivity contribution in [2.45, 2.75) is 43.6 Å². The molecule has 1 aliphatic carbocycles. The molecule has 2 aromatic rings. The second-order valence-electron chi connectivity index (χ2n) is 8.62. The summed E-state index contributed by atoms with van der Waals surface area (Å²) in [4.78, 5) is 2.52. The van der Waals surface area contributed by atoms with Crippen molar-refractivity contribution in [3.8, 4) is 16.9 Å². The molecule has 2 N–H and O–H groups in total. The Kier molecular flexibility index (Phi) is 10.1. The van der Waals surface area contributed by atoms with E-state index in [1.54, 1.807) is 7.11 Å². The first-order chi connectivity index (χ1) is 14.2. The van der Waals surface area contributed by atoms with Gasteiger partial charge in [-0.3, -0.25) is 0 Å². The van der Waals surface area contributed by atoms with Crippen LogP contribution >= 0.6 is 24.8 Å². The fourth-order valence-electron chi connectivity index (χ4n) is 4.96. The first-order valence-electron chi connectivity index (χ1n) is 11.1. The lowest BCUT2D eigenvalue weighted by molar-refractivity contribution is -0.0316. The van der Waals surface area contributed by atoms with E-state index < -0.39 is 5.60 Å². The highest BCUT2D eigenvalue weighted by atomic mass is 35.5. The van der Waals surface area contributed by atoms with Crippen LogP contribution in [-0.4, -0.2) is 55.4 Å². The lowest BCUT2D eigenvalue weighted by Gasteiger charge is -2.42. The van der Waals surface area contributed by atoms with Gasteiger partial charge in [-0.2, -0.15) is 0 Å². The lowest BCUT2D eigenvalue weighted by Crippen LogP contribution is -2.49. The van der Waals surface area contributed by atoms with E-state index in [-0.39, 0.29) is 30.7 Å². The molecule has 2 fully saturated rings. The normalized spacial score (nSPS) is 19.5. The average molecular weight is 467 g/mol. The van der Waals surface area contributed by atoms with E-state index in [9.17, 15) is 5.11 Å². The number of rotatable bonds is 6. The predicted octanol–water partition coefficient (Wildman–Crippen LogP) is 4.89. The fourth-order valence-corrected chi connectivity index (χ4v) is 4.96. The number of ether oxygens (including phenoxy) is 1. The number of nitrogens with one attached hydrogen (secondary N) is 1. The standard InChI is InChI=1S/C25H34N2O2.2ClH/c1-29-23-7-5-6-22(18-23)20-8-10-21(11-9-20)24(19-27-16-14-26-15-17-27)25(28)12-3-2-4-13-25;;/h5-11,18,24,26,28H,2-4,12-17,19H2,1H3;2*1H. The van der Waals surface area contributed by atoms with Crippen molar-refractivity contribution < 1.29 is 9.84 Å². The molecule has 2 aromatic carbocycles. The topological polar surface area (TPSA) is 44.7 Å². The number of piperazine rings is 1. The number of benzene rings is 2. The van der Waals surface area contributed by atoms with Gasteiger partial charge in [0.05, 0.1) is 12.7 Å². The van der Waals surface area contributed by atoms with Gasteiger partial charge < -0.3 is 20.1 Å². The van der Waals surface area contributed by atoms with Crippen molar-refractivity contribution in [2.24, 2.45) is 0 Å². The Hall–Kier alpha value is -1.30.